The number of nitrogens with zero attached hydrogens (tertiary/aromatic N) is 2. The number of anilines is 1. The van der Waals surface area contributed by atoms with Crippen LogP contribution in [0.1, 0.15) is 30.9 Å². The first kappa shape index (κ1) is 21.5. The molecule has 156 valence electrons. The fourth-order valence-electron chi connectivity index (χ4n) is 3.24. The molecule has 1 fully saturated rings. The second kappa shape index (κ2) is 9.08. The molecule has 1 saturated heterocycles. The number of sulfonamides is 1. The first-order valence-electron chi connectivity index (χ1n) is 9.25. The van der Waals surface area contributed by atoms with Gasteiger partial charge >= 0.3 is 0 Å². The van der Waals surface area contributed by atoms with E-state index in [4.69, 9.17) is 11.6 Å². The molecule has 0 aliphatic carbocycles. The van der Waals surface area contributed by atoms with Crippen molar-refractivity contribution in [2.75, 3.05) is 25.0 Å². The summed E-state index contributed by atoms with van der Waals surface area (Å²) in [6.07, 6.45) is 1.63. The molecule has 3 rings (SSSR count). The Kier molecular flexibility index (Phi) is 6.74. The third-order valence-electron chi connectivity index (χ3n) is 4.86. The van der Waals surface area contributed by atoms with Gasteiger partial charge in [-0.3, -0.25) is 10.1 Å². The molecule has 29 heavy (non-hydrogen) atoms. The van der Waals surface area contributed by atoms with Crippen LogP contribution in [-0.4, -0.2) is 42.4 Å². The number of rotatable bonds is 7. The molecule has 10 heteroatoms. The smallest absolute Gasteiger partial charge is 0.293 e. The first-order chi connectivity index (χ1) is 13.8. The van der Waals surface area contributed by atoms with E-state index in [1.165, 1.54) is 16.4 Å². The van der Waals surface area contributed by atoms with Gasteiger partial charge in [0.25, 0.3) is 5.69 Å². The maximum Gasteiger partial charge on any atom is 0.293 e. The third kappa shape index (κ3) is 5.05. The number of hydrogen-bond donors (Lipinski definition) is 2. The minimum atomic E-state index is -3.77. The van der Waals surface area contributed by atoms with E-state index in [1.54, 1.807) is 24.3 Å². The van der Waals surface area contributed by atoms with Gasteiger partial charge in [-0.15, -0.1) is 0 Å². The Morgan fingerprint density at radius 1 is 1.14 bits per heavy atom. The zero-order valence-corrected chi connectivity index (χ0v) is 17.2. The Balaban J connectivity index is 1.79. The number of nitro benzene ring substituents is 1. The third-order valence-corrected chi connectivity index (χ3v) is 7.01. The lowest BCUT2D eigenvalue weighted by molar-refractivity contribution is -0.384. The zero-order valence-electron chi connectivity index (χ0n) is 15.6. The lowest BCUT2D eigenvalue weighted by Crippen LogP contribution is -2.35. The number of aliphatic hydroxyl groups excluding tert-OH is 1. The van der Waals surface area contributed by atoms with Gasteiger partial charge in [0.1, 0.15) is 5.69 Å². The van der Waals surface area contributed by atoms with Crippen LogP contribution in [0.2, 0.25) is 5.02 Å². The van der Waals surface area contributed by atoms with Crippen molar-refractivity contribution in [2.45, 2.75) is 30.3 Å². The molecule has 2 aromatic carbocycles. The second-order valence-corrected chi connectivity index (χ2v) is 9.22. The summed E-state index contributed by atoms with van der Waals surface area (Å²) < 4.78 is 26.9. The van der Waals surface area contributed by atoms with Gasteiger partial charge in [0.2, 0.25) is 10.0 Å². The predicted molar refractivity (Wildman–Crippen MR) is 111 cm³/mol. The normalized spacial score (nSPS) is 16.3. The minimum Gasteiger partial charge on any atom is -0.387 e. The van der Waals surface area contributed by atoms with Gasteiger partial charge in [-0.05, 0) is 42.7 Å². The van der Waals surface area contributed by atoms with E-state index in [9.17, 15) is 23.6 Å². The van der Waals surface area contributed by atoms with Crippen molar-refractivity contribution in [3.63, 3.8) is 0 Å². The number of benzene rings is 2. The standard InChI is InChI=1S/C19H22ClN3O5S/c20-15-6-4-14(5-7-15)19(24)13-21-17-9-8-16(12-18(17)23(25)26)29(27,28)22-10-2-1-3-11-22/h4-9,12,19,21,24H,1-3,10-11,13H2. The van der Waals surface area contributed by atoms with E-state index < -0.39 is 21.1 Å². The van der Waals surface area contributed by atoms with Crippen molar-refractivity contribution >= 4 is 33.0 Å². The Hall–Kier alpha value is -2.20. The molecule has 2 N–H and O–H groups in total. The lowest BCUT2D eigenvalue weighted by Gasteiger charge is -2.25. The quantitative estimate of drug-likeness (QED) is 0.503. The minimum absolute atomic E-state index is 0.0146. The van der Waals surface area contributed by atoms with Crippen molar-refractivity contribution in [3.05, 3.63) is 63.2 Å². The van der Waals surface area contributed by atoms with Gasteiger partial charge in [-0.2, -0.15) is 4.31 Å². The SMILES string of the molecule is O=[N+]([O-])c1cc(S(=O)(=O)N2CCCCC2)ccc1NCC(O)c1ccc(Cl)cc1. The monoisotopic (exact) mass is 439 g/mol. The molecule has 1 aliphatic heterocycles. The highest BCUT2D eigenvalue weighted by atomic mass is 35.5. The van der Waals surface area contributed by atoms with E-state index in [0.29, 0.717) is 23.7 Å². The molecule has 0 amide bonds. The predicted octanol–water partition coefficient (Wildman–Crippen LogP) is 3.57. The number of piperidine rings is 1. The summed E-state index contributed by atoms with van der Waals surface area (Å²) in [5.74, 6) is 0. The van der Waals surface area contributed by atoms with Crippen LogP contribution in [-0.2, 0) is 10.0 Å². The molecule has 0 bridgehead atoms. The summed E-state index contributed by atoms with van der Waals surface area (Å²) in [7, 11) is -3.77. The van der Waals surface area contributed by atoms with Gasteiger partial charge in [0, 0.05) is 30.7 Å². The maximum atomic E-state index is 12.8. The second-order valence-electron chi connectivity index (χ2n) is 6.85. The molecule has 8 nitrogen and oxygen atoms in total. The Labute approximate surface area is 174 Å². The first-order valence-corrected chi connectivity index (χ1v) is 11.1. The van der Waals surface area contributed by atoms with Crippen LogP contribution < -0.4 is 5.32 Å². The zero-order chi connectivity index (χ0) is 21.0. The van der Waals surface area contributed by atoms with Crippen molar-refractivity contribution in [3.8, 4) is 0 Å². The molecular weight excluding hydrogens is 418 g/mol. The number of nitrogens with one attached hydrogen (secondary N) is 1. The molecule has 0 aromatic heterocycles. The number of aliphatic hydroxyl groups is 1. The molecule has 0 spiro atoms. The fraction of sp³-hybridized carbons (Fsp3) is 0.368. The van der Waals surface area contributed by atoms with Crippen LogP contribution >= 0.6 is 11.6 Å². The van der Waals surface area contributed by atoms with E-state index in [-0.39, 0.29) is 22.8 Å². The van der Waals surface area contributed by atoms with Crippen LogP contribution in [0, 0.1) is 10.1 Å². The van der Waals surface area contributed by atoms with Crippen molar-refractivity contribution in [1.82, 2.24) is 4.31 Å². The van der Waals surface area contributed by atoms with Crippen LogP contribution in [0.4, 0.5) is 11.4 Å². The van der Waals surface area contributed by atoms with Crippen LogP contribution in [0.15, 0.2) is 47.4 Å². The average molecular weight is 440 g/mol. The summed E-state index contributed by atoms with van der Waals surface area (Å²) in [5, 5.41) is 25.2. The van der Waals surface area contributed by atoms with Gasteiger partial charge in [0.05, 0.1) is 15.9 Å². The van der Waals surface area contributed by atoms with Crippen LogP contribution in [0.25, 0.3) is 0 Å². The highest BCUT2D eigenvalue weighted by Gasteiger charge is 2.28. The van der Waals surface area contributed by atoms with Crippen molar-refractivity contribution in [1.29, 1.82) is 0 Å². The van der Waals surface area contributed by atoms with Crippen LogP contribution in [0.5, 0.6) is 0 Å². The van der Waals surface area contributed by atoms with Gasteiger partial charge in [-0.1, -0.05) is 30.2 Å². The molecule has 0 radical (unpaired) electrons. The van der Waals surface area contributed by atoms with Crippen molar-refractivity contribution in [2.24, 2.45) is 0 Å². The molecule has 1 unspecified atom stereocenters. The largest absolute Gasteiger partial charge is 0.387 e. The molecule has 1 heterocycles. The Morgan fingerprint density at radius 2 is 1.79 bits per heavy atom. The highest BCUT2D eigenvalue weighted by Crippen LogP contribution is 2.30. The Morgan fingerprint density at radius 3 is 2.41 bits per heavy atom. The summed E-state index contributed by atoms with van der Waals surface area (Å²) in [5.41, 5.74) is 0.390. The molecule has 1 aliphatic rings. The highest BCUT2D eigenvalue weighted by molar-refractivity contribution is 7.89. The van der Waals surface area contributed by atoms with Gasteiger partial charge < -0.3 is 10.4 Å². The molecular formula is C19H22ClN3O5S. The molecule has 1 atom stereocenters. The van der Waals surface area contributed by atoms with Gasteiger partial charge in [0.15, 0.2) is 0 Å². The Bertz CT molecular complexity index is 976. The topological polar surface area (TPSA) is 113 Å². The van der Waals surface area contributed by atoms with Gasteiger partial charge in [-0.25, -0.2) is 8.42 Å². The summed E-state index contributed by atoms with van der Waals surface area (Å²) in [4.78, 5) is 10.8. The summed E-state index contributed by atoms with van der Waals surface area (Å²) in [6, 6.07) is 10.4. The van der Waals surface area contributed by atoms with Crippen molar-refractivity contribution < 1.29 is 18.4 Å². The molecule has 0 saturated carbocycles. The number of nitro groups is 1. The maximum absolute atomic E-state index is 12.8. The van der Waals surface area contributed by atoms with E-state index in [1.807, 2.05) is 0 Å². The molecule has 2 aromatic rings. The average Bonchev–Trinajstić information content (AvgIpc) is 2.73. The summed E-state index contributed by atoms with van der Waals surface area (Å²) in [6.45, 7) is 0.855. The fourth-order valence-corrected chi connectivity index (χ4v) is 4.90. The van der Waals surface area contributed by atoms with E-state index in [0.717, 1.165) is 25.3 Å². The van der Waals surface area contributed by atoms with Crippen LogP contribution in [0.3, 0.4) is 0 Å². The summed E-state index contributed by atoms with van der Waals surface area (Å²) >= 11 is 5.83. The lowest BCUT2D eigenvalue weighted by atomic mass is 10.1. The van der Waals surface area contributed by atoms with E-state index >= 15 is 0 Å². The number of halogens is 1. The number of hydrogen-bond acceptors (Lipinski definition) is 6. The van der Waals surface area contributed by atoms with E-state index in [2.05, 4.69) is 5.32 Å².